The number of nitrogens with zero attached hydrogens (tertiary/aromatic N) is 1. The number of hydrogen-bond donors (Lipinski definition) is 1. The van der Waals surface area contributed by atoms with Crippen LogP contribution < -0.4 is 0 Å². The predicted molar refractivity (Wildman–Crippen MR) is 80.7 cm³/mol. The summed E-state index contributed by atoms with van der Waals surface area (Å²) in [4.78, 5) is 11.7. The monoisotopic (exact) mass is 279 g/mol. The Morgan fingerprint density at radius 1 is 1.10 bits per heavy atom. The minimum Gasteiger partial charge on any atom is -0.481 e. The second kappa shape index (κ2) is 6.23. The van der Waals surface area contributed by atoms with Gasteiger partial charge in [0.25, 0.3) is 0 Å². The molecule has 0 aliphatic carbocycles. The minimum atomic E-state index is -1.18. The number of rotatable bonds is 5. The molecule has 1 unspecified atom stereocenters. The van der Waals surface area contributed by atoms with E-state index in [2.05, 4.69) is 6.07 Å². The van der Waals surface area contributed by atoms with Crippen molar-refractivity contribution in [3.63, 3.8) is 0 Å². The van der Waals surface area contributed by atoms with Crippen LogP contribution in [0.3, 0.4) is 0 Å². The van der Waals surface area contributed by atoms with Crippen molar-refractivity contribution in [2.75, 3.05) is 0 Å². The Labute approximate surface area is 124 Å². The molecule has 1 N–H and O–H groups in total. The largest absolute Gasteiger partial charge is 0.481 e. The molecule has 0 bridgehead atoms. The van der Waals surface area contributed by atoms with Gasteiger partial charge in [-0.2, -0.15) is 5.26 Å². The molecule has 0 spiro atoms. The minimum absolute atomic E-state index is 0.382. The predicted octanol–water partition coefficient (Wildman–Crippen LogP) is 3.61. The average molecular weight is 279 g/mol. The van der Waals surface area contributed by atoms with Gasteiger partial charge in [-0.25, -0.2) is 0 Å². The molecule has 0 aromatic heterocycles. The van der Waals surface area contributed by atoms with E-state index < -0.39 is 17.3 Å². The summed E-state index contributed by atoms with van der Waals surface area (Å²) in [5.41, 5.74) is 0.254. The number of carboxylic acids is 1. The van der Waals surface area contributed by atoms with Crippen molar-refractivity contribution in [1.82, 2.24) is 0 Å². The molecule has 0 aliphatic heterocycles. The maximum absolute atomic E-state index is 11.7. The molecule has 0 fully saturated rings. The van der Waals surface area contributed by atoms with Crippen LogP contribution in [0.4, 0.5) is 0 Å². The Morgan fingerprint density at radius 2 is 1.52 bits per heavy atom. The normalized spacial score (nSPS) is 12.4. The lowest BCUT2D eigenvalue weighted by molar-refractivity contribution is -0.143. The van der Waals surface area contributed by atoms with Crippen LogP contribution in [-0.2, 0) is 10.2 Å². The fourth-order valence-electron chi connectivity index (χ4n) is 2.84. The lowest BCUT2D eigenvalue weighted by Gasteiger charge is -2.33. The van der Waals surface area contributed by atoms with Gasteiger partial charge < -0.3 is 5.11 Å². The van der Waals surface area contributed by atoms with Gasteiger partial charge in [0, 0.05) is 0 Å². The molecule has 21 heavy (non-hydrogen) atoms. The third kappa shape index (κ3) is 2.53. The highest BCUT2D eigenvalue weighted by Crippen LogP contribution is 2.40. The van der Waals surface area contributed by atoms with Crippen molar-refractivity contribution in [2.45, 2.75) is 18.8 Å². The van der Waals surface area contributed by atoms with E-state index in [1.807, 2.05) is 60.7 Å². The van der Waals surface area contributed by atoms with Crippen molar-refractivity contribution in [1.29, 1.82) is 5.26 Å². The summed E-state index contributed by atoms with van der Waals surface area (Å²) in [5, 5.41) is 19.5. The zero-order chi connectivity index (χ0) is 15.3. The highest BCUT2D eigenvalue weighted by Gasteiger charge is 2.45. The van der Waals surface area contributed by atoms with E-state index in [0.29, 0.717) is 17.5 Å². The Hall–Kier alpha value is -2.60. The van der Waals surface area contributed by atoms with Crippen LogP contribution in [0.1, 0.15) is 24.5 Å². The molecular weight excluding hydrogens is 262 g/mol. The van der Waals surface area contributed by atoms with Gasteiger partial charge in [0.15, 0.2) is 0 Å². The second-order valence-electron chi connectivity index (χ2n) is 4.95. The van der Waals surface area contributed by atoms with E-state index in [0.717, 1.165) is 0 Å². The van der Waals surface area contributed by atoms with E-state index >= 15 is 0 Å². The molecule has 0 heterocycles. The van der Waals surface area contributed by atoms with Crippen LogP contribution in [0.2, 0.25) is 0 Å². The van der Waals surface area contributed by atoms with Crippen LogP contribution in [0.5, 0.6) is 0 Å². The molecule has 0 saturated carbocycles. The SMILES string of the molecule is CCC(C(=O)O)C(C#N)(c1ccccc1)c1ccccc1. The quantitative estimate of drug-likeness (QED) is 0.909. The molecule has 106 valence electrons. The van der Waals surface area contributed by atoms with E-state index in [9.17, 15) is 15.2 Å². The molecule has 0 amide bonds. The summed E-state index contributed by atoms with van der Waals surface area (Å²) < 4.78 is 0. The molecule has 2 aromatic carbocycles. The lowest BCUT2D eigenvalue weighted by atomic mass is 9.66. The molecular formula is C18H17NO2. The Morgan fingerprint density at radius 3 is 1.81 bits per heavy atom. The molecule has 3 heteroatoms. The Balaban J connectivity index is 2.75. The summed E-state index contributed by atoms with van der Waals surface area (Å²) >= 11 is 0. The first kappa shape index (κ1) is 14.8. The fourth-order valence-corrected chi connectivity index (χ4v) is 2.84. The van der Waals surface area contributed by atoms with Crippen LogP contribution in [-0.4, -0.2) is 11.1 Å². The van der Waals surface area contributed by atoms with Crippen molar-refractivity contribution < 1.29 is 9.90 Å². The van der Waals surface area contributed by atoms with Gasteiger partial charge in [0.2, 0.25) is 0 Å². The van der Waals surface area contributed by atoms with Gasteiger partial charge >= 0.3 is 5.97 Å². The van der Waals surface area contributed by atoms with Crippen molar-refractivity contribution >= 4 is 5.97 Å². The molecule has 0 aliphatic rings. The fraction of sp³-hybridized carbons (Fsp3) is 0.222. The van der Waals surface area contributed by atoms with Crippen molar-refractivity contribution in [3.05, 3.63) is 71.8 Å². The third-order valence-corrected chi connectivity index (χ3v) is 3.86. The third-order valence-electron chi connectivity index (χ3n) is 3.86. The van der Waals surface area contributed by atoms with Gasteiger partial charge in [-0.05, 0) is 17.5 Å². The summed E-state index contributed by atoms with van der Waals surface area (Å²) in [6, 6.07) is 20.6. The second-order valence-corrected chi connectivity index (χ2v) is 4.95. The highest BCUT2D eigenvalue weighted by atomic mass is 16.4. The molecule has 0 saturated heterocycles. The van der Waals surface area contributed by atoms with E-state index in [4.69, 9.17) is 0 Å². The summed E-state index contributed by atoms with van der Waals surface area (Å²) in [6.07, 6.45) is 0.382. The number of hydrogen-bond acceptors (Lipinski definition) is 2. The number of carbonyl (C=O) groups is 1. The van der Waals surface area contributed by atoms with Crippen molar-refractivity contribution in [3.8, 4) is 6.07 Å². The lowest BCUT2D eigenvalue weighted by Crippen LogP contribution is -2.39. The van der Waals surface area contributed by atoms with Crippen molar-refractivity contribution in [2.24, 2.45) is 5.92 Å². The standard InChI is InChI=1S/C18H17NO2/c1-2-16(17(20)21)18(13-19,14-9-5-3-6-10-14)15-11-7-4-8-12-15/h3-12,16H,2H2,1H3,(H,20,21). The first-order valence-electron chi connectivity index (χ1n) is 6.92. The zero-order valence-electron chi connectivity index (χ0n) is 11.9. The zero-order valence-corrected chi connectivity index (χ0v) is 11.9. The number of benzene rings is 2. The van der Waals surface area contributed by atoms with Crippen LogP contribution in [0.15, 0.2) is 60.7 Å². The Bertz CT molecular complexity index is 604. The first-order valence-corrected chi connectivity index (χ1v) is 6.92. The maximum atomic E-state index is 11.7. The molecule has 0 radical (unpaired) electrons. The van der Waals surface area contributed by atoms with Gasteiger partial charge in [-0.15, -0.1) is 0 Å². The molecule has 2 rings (SSSR count). The van der Waals surface area contributed by atoms with E-state index in [1.165, 1.54) is 0 Å². The van der Waals surface area contributed by atoms with E-state index in [-0.39, 0.29) is 0 Å². The first-order chi connectivity index (χ1) is 10.2. The molecule has 3 nitrogen and oxygen atoms in total. The summed E-state index contributed by atoms with van der Waals surface area (Å²) in [6.45, 7) is 1.80. The van der Waals surface area contributed by atoms with Gasteiger partial charge in [0.05, 0.1) is 12.0 Å². The smallest absolute Gasteiger partial charge is 0.308 e. The number of carboxylic acid groups (broad SMARTS) is 1. The van der Waals surface area contributed by atoms with E-state index in [1.54, 1.807) is 6.92 Å². The van der Waals surface area contributed by atoms with Crippen LogP contribution in [0, 0.1) is 17.2 Å². The average Bonchev–Trinajstić information content (AvgIpc) is 2.54. The number of nitriles is 1. The maximum Gasteiger partial charge on any atom is 0.308 e. The Kier molecular flexibility index (Phi) is 4.39. The summed E-state index contributed by atoms with van der Waals surface area (Å²) in [7, 11) is 0. The molecule has 1 atom stereocenters. The van der Waals surface area contributed by atoms with Gasteiger partial charge in [-0.3, -0.25) is 4.79 Å². The summed E-state index contributed by atoms with van der Waals surface area (Å²) in [5.74, 6) is -1.75. The number of aliphatic carboxylic acids is 1. The highest BCUT2D eigenvalue weighted by molar-refractivity contribution is 5.75. The topological polar surface area (TPSA) is 61.1 Å². The van der Waals surface area contributed by atoms with Gasteiger partial charge in [-0.1, -0.05) is 67.6 Å². The van der Waals surface area contributed by atoms with Crippen LogP contribution in [0.25, 0.3) is 0 Å². The van der Waals surface area contributed by atoms with Crippen LogP contribution >= 0.6 is 0 Å². The van der Waals surface area contributed by atoms with Gasteiger partial charge in [0.1, 0.15) is 5.41 Å². The molecule has 2 aromatic rings.